The van der Waals surface area contributed by atoms with Crippen LogP contribution in [0.3, 0.4) is 0 Å². The van der Waals surface area contributed by atoms with Crippen molar-refractivity contribution in [1.29, 1.82) is 0 Å². The maximum atomic E-state index is 12.4. The highest BCUT2D eigenvalue weighted by atomic mass is 16.1. The number of nitrogen functional groups attached to an aromatic ring is 1. The fourth-order valence-corrected chi connectivity index (χ4v) is 2.45. The normalized spacial score (nSPS) is 12.9. The molecule has 0 bridgehead atoms. The van der Waals surface area contributed by atoms with Crippen LogP contribution in [-0.2, 0) is 0 Å². The number of hydrogen-bond acceptors (Lipinski definition) is 3. The van der Waals surface area contributed by atoms with Gasteiger partial charge < -0.3 is 5.84 Å². The van der Waals surface area contributed by atoms with Crippen molar-refractivity contribution in [1.82, 2.24) is 9.66 Å². The molecule has 0 aliphatic rings. The highest BCUT2D eigenvalue weighted by Gasteiger charge is 2.18. The summed E-state index contributed by atoms with van der Waals surface area (Å²) in [5, 5.41) is 0.545. The van der Waals surface area contributed by atoms with Crippen LogP contribution in [0.25, 0.3) is 10.9 Å². The molecule has 4 nitrogen and oxygen atoms in total. The van der Waals surface area contributed by atoms with Gasteiger partial charge in [-0.15, -0.1) is 6.58 Å². The van der Waals surface area contributed by atoms with Crippen molar-refractivity contribution in [2.45, 2.75) is 32.6 Å². The summed E-state index contributed by atoms with van der Waals surface area (Å²) < 4.78 is 1.18. The van der Waals surface area contributed by atoms with Crippen LogP contribution in [0.4, 0.5) is 0 Å². The first-order valence-electron chi connectivity index (χ1n) is 7.07. The molecule has 0 aliphatic carbocycles. The van der Waals surface area contributed by atoms with Gasteiger partial charge in [-0.1, -0.05) is 29.9 Å². The van der Waals surface area contributed by atoms with Crippen LogP contribution in [0.1, 0.15) is 38.4 Å². The van der Waals surface area contributed by atoms with Crippen molar-refractivity contribution in [3.8, 4) is 0 Å². The minimum atomic E-state index is -0.206. The van der Waals surface area contributed by atoms with Crippen LogP contribution in [0.15, 0.2) is 53.4 Å². The Kier molecular flexibility index (Phi) is 4.58. The first-order valence-corrected chi connectivity index (χ1v) is 7.07. The minimum absolute atomic E-state index is 0.0565. The van der Waals surface area contributed by atoms with Gasteiger partial charge in [-0.25, -0.2) is 9.66 Å². The summed E-state index contributed by atoms with van der Waals surface area (Å²) in [6, 6.07) is 7.28. The van der Waals surface area contributed by atoms with Crippen molar-refractivity contribution in [3.05, 3.63) is 64.7 Å². The molecule has 21 heavy (non-hydrogen) atoms. The van der Waals surface area contributed by atoms with Gasteiger partial charge in [0.05, 0.1) is 10.9 Å². The third-order valence-electron chi connectivity index (χ3n) is 3.45. The van der Waals surface area contributed by atoms with E-state index >= 15 is 0 Å². The Morgan fingerprint density at radius 1 is 1.48 bits per heavy atom. The molecule has 0 saturated heterocycles. The van der Waals surface area contributed by atoms with E-state index in [2.05, 4.69) is 17.6 Å². The molecule has 1 atom stereocenters. The summed E-state index contributed by atoms with van der Waals surface area (Å²) >= 11 is 0. The van der Waals surface area contributed by atoms with Gasteiger partial charge in [-0.2, -0.15) is 0 Å². The minimum Gasteiger partial charge on any atom is -0.335 e. The van der Waals surface area contributed by atoms with Gasteiger partial charge in [-0.05, 0) is 38.8 Å². The van der Waals surface area contributed by atoms with Gasteiger partial charge in [-0.3, -0.25) is 4.79 Å². The lowest BCUT2D eigenvalue weighted by Gasteiger charge is -2.18. The van der Waals surface area contributed by atoms with E-state index in [0.29, 0.717) is 16.7 Å². The van der Waals surface area contributed by atoms with E-state index in [4.69, 9.17) is 5.84 Å². The second kappa shape index (κ2) is 6.39. The molecule has 0 amide bonds. The van der Waals surface area contributed by atoms with E-state index in [1.165, 1.54) is 4.68 Å². The third-order valence-corrected chi connectivity index (χ3v) is 3.45. The molecule has 4 heteroatoms. The van der Waals surface area contributed by atoms with E-state index in [0.717, 1.165) is 18.4 Å². The molecule has 0 saturated carbocycles. The van der Waals surface area contributed by atoms with Crippen LogP contribution in [-0.4, -0.2) is 9.66 Å². The molecule has 2 aromatic rings. The van der Waals surface area contributed by atoms with Crippen LogP contribution in [0, 0.1) is 0 Å². The SMILES string of the molecule is C=C(C)C[C@@H](C/C=C\C)c1nc2ccccc2c(=O)n1N. The number of nitrogens with zero attached hydrogens (tertiary/aromatic N) is 2. The number of nitrogens with two attached hydrogens (primary N) is 1. The highest BCUT2D eigenvalue weighted by Crippen LogP contribution is 2.25. The smallest absolute Gasteiger partial charge is 0.279 e. The Hall–Kier alpha value is -2.36. The lowest BCUT2D eigenvalue weighted by Crippen LogP contribution is -2.33. The Bertz CT molecular complexity index is 743. The van der Waals surface area contributed by atoms with E-state index in [1.807, 2.05) is 38.1 Å². The molecule has 0 spiro atoms. The van der Waals surface area contributed by atoms with Gasteiger partial charge >= 0.3 is 0 Å². The zero-order chi connectivity index (χ0) is 15.4. The Balaban J connectivity index is 2.58. The summed E-state index contributed by atoms with van der Waals surface area (Å²) in [4.78, 5) is 17.0. The average molecular weight is 283 g/mol. The Labute approximate surface area is 124 Å². The molecule has 0 radical (unpaired) electrons. The summed E-state index contributed by atoms with van der Waals surface area (Å²) in [5.74, 6) is 6.65. The van der Waals surface area contributed by atoms with E-state index < -0.39 is 0 Å². The van der Waals surface area contributed by atoms with Crippen molar-refractivity contribution >= 4 is 10.9 Å². The molecule has 0 aliphatic heterocycles. The first kappa shape index (κ1) is 15.0. The van der Waals surface area contributed by atoms with Gasteiger partial charge in [0.2, 0.25) is 0 Å². The van der Waals surface area contributed by atoms with Crippen molar-refractivity contribution < 1.29 is 0 Å². The van der Waals surface area contributed by atoms with Crippen LogP contribution in [0.5, 0.6) is 0 Å². The van der Waals surface area contributed by atoms with Gasteiger partial charge in [0.15, 0.2) is 0 Å². The number of rotatable bonds is 5. The number of fused-ring (bicyclic) bond motifs is 1. The standard InChI is InChI=1S/C17H21N3O/c1-4-5-8-13(11-12(2)3)16-19-15-10-7-6-9-14(15)17(21)20(16)18/h4-7,9-10,13H,2,8,11,18H2,1,3H3/b5-4-/t13-/m1/s1. The molecule has 1 aromatic carbocycles. The zero-order valence-electron chi connectivity index (χ0n) is 12.5. The number of benzene rings is 1. The molecule has 1 aromatic heterocycles. The second-order valence-corrected chi connectivity index (χ2v) is 5.33. The fourth-order valence-electron chi connectivity index (χ4n) is 2.45. The molecule has 0 unspecified atom stereocenters. The lowest BCUT2D eigenvalue weighted by atomic mass is 9.96. The van der Waals surface area contributed by atoms with Crippen LogP contribution < -0.4 is 11.4 Å². The fraction of sp³-hybridized carbons (Fsp3) is 0.294. The zero-order valence-corrected chi connectivity index (χ0v) is 12.5. The molecule has 0 fully saturated rings. The largest absolute Gasteiger partial charge is 0.335 e. The summed E-state index contributed by atoms with van der Waals surface area (Å²) in [6.07, 6.45) is 5.60. The highest BCUT2D eigenvalue weighted by molar-refractivity contribution is 5.77. The number of allylic oxidation sites excluding steroid dienone is 3. The van der Waals surface area contributed by atoms with Crippen LogP contribution >= 0.6 is 0 Å². The Morgan fingerprint density at radius 3 is 2.86 bits per heavy atom. The lowest BCUT2D eigenvalue weighted by molar-refractivity contribution is 0.608. The number of aromatic nitrogens is 2. The van der Waals surface area contributed by atoms with E-state index in [9.17, 15) is 4.79 Å². The maximum absolute atomic E-state index is 12.4. The average Bonchev–Trinajstić information content (AvgIpc) is 2.47. The second-order valence-electron chi connectivity index (χ2n) is 5.33. The van der Waals surface area contributed by atoms with E-state index in [1.54, 1.807) is 6.07 Å². The first-order chi connectivity index (χ1) is 10.0. The number of para-hydroxylation sites is 1. The third kappa shape index (κ3) is 3.21. The maximum Gasteiger partial charge on any atom is 0.279 e. The predicted octanol–water partition coefficient (Wildman–Crippen LogP) is 3.13. The quantitative estimate of drug-likeness (QED) is 0.677. The van der Waals surface area contributed by atoms with Gasteiger partial charge in [0, 0.05) is 5.92 Å². The Morgan fingerprint density at radius 2 is 2.19 bits per heavy atom. The van der Waals surface area contributed by atoms with Gasteiger partial charge in [0.25, 0.3) is 5.56 Å². The summed E-state index contributed by atoms with van der Waals surface area (Å²) in [7, 11) is 0. The number of hydrogen-bond donors (Lipinski definition) is 1. The van der Waals surface area contributed by atoms with Crippen molar-refractivity contribution in [2.24, 2.45) is 0 Å². The monoisotopic (exact) mass is 283 g/mol. The summed E-state index contributed by atoms with van der Waals surface area (Å²) in [5.41, 5.74) is 1.53. The van der Waals surface area contributed by atoms with Crippen LogP contribution in [0.2, 0.25) is 0 Å². The topological polar surface area (TPSA) is 60.9 Å². The van der Waals surface area contributed by atoms with Crippen molar-refractivity contribution in [3.63, 3.8) is 0 Å². The van der Waals surface area contributed by atoms with E-state index in [-0.39, 0.29) is 11.5 Å². The molecule has 110 valence electrons. The molecular weight excluding hydrogens is 262 g/mol. The summed E-state index contributed by atoms with van der Waals surface area (Å²) in [6.45, 7) is 7.91. The molecule has 2 N–H and O–H groups in total. The van der Waals surface area contributed by atoms with Gasteiger partial charge in [0.1, 0.15) is 5.82 Å². The predicted molar refractivity (Wildman–Crippen MR) is 87.8 cm³/mol. The molecule has 1 heterocycles. The molecule has 2 rings (SSSR count). The van der Waals surface area contributed by atoms with Crippen molar-refractivity contribution in [2.75, 3.05) is 5.84 Å². The molecular formula is C17H21N3O.